The highest BCUT2D eigenvalue weighted by Crippen LogP contribution is 2.30. The van der Waals surface area contributed by atoms with Crippen LogP contribution in [-0.2, 0) is 21.2 Å². The molecule has 0 saturated carbocycles. The molecule has 1 atom stereocenters. The molecule has 0 radical (unpaired) electrons. The molecule has 5 nitrogen and oxygen atoms in total. The van der Waals surface area contributed by atoms with Crippen molar-refractivity contribution < 1.29 is 21.9 Å². The van der Waals surface area contributed by atoms with Crippen LogP contribution >= 0.6 is 23.2 Å². The van der Waals surface area contributed by atoms with E-state index in [1.54, 1.807) is 6.92 Å². The molecule has 0 saturated heterocycles. The van der Waals surface area contributed by atoms with E-state index < -0.39 is 27.6 Å². The Morgan fingerprint density at radius 2 is 1.72 bits per heavy atom. The fourth-order valence-electron chi connectivity index (χ4n) is 2.77. The molecule has 2 aromatic carbocycles. The lowest BCUT2D eigenvalue weighted by molar-refractivity contribution is 0.0613. The van der Waals surface area contributed by atoms with Crippen molar-refractivity contribution in [2.75, 3.05) is 6.26 Å². The third kappa shape index (κ3) is 4.95. The van der Waals surface area contributed by atoms with Gasteiger partial charge in [0, 0.05) is 6.26 Å². The van der Waals surface area contributed by atoms with E-state index >= 15 is 0 Å². The van der Waals surface area contributed by atoms with Gasteiger partial charge in [-0.1, -0.05) is 35.3 Å². The van der Waals surface area contributed by atoms with Gasteiger partial charge in [-0.05, 0) is 42.3 Å². The van der Waals surface area contributed by atoms with Gasteiger partial charge in [0.25, 0.3) is 0 Å². The number of hydrogen-bond donors (Lipinski definition) is 1. The van der Waals surface area contributed by atoms with Gasteiger partial charge in [-0.25, -0.2) is 22.2 Å². The summed E-state index contributed by atoms with van der Waals surface area (Å²) >= 11 is 11.7. The lowest BCUT2D eigenvalue weighted by Gasteiger charge is -2.17. The van der Waals surface area contributed by atoms with Crippen molar-refractivity contribution in [1.82, 2.24) is 9.97 Å². The van der Waals surface area contributed by atoms with Crippen molar-refractivity contribution in [2.24, 2.45) is 0 Å². The SMILES string of the molecule is Cc1[nH]c([C@H](OCc2ccc(F)c(Cl)c2)c2ccc(F)c(Cl)c2)nc1S(C)(=O)=O. The molecule has 10 heteroatoms. The van der Waals surface area contributed by atoms with Gasteiger partial charge in [0.1, 0.15) is 23.6 Å². The normalized spacial score (nSPS) is 12.9. The van der Waals surface area contributed by atoms with Crippen LogP contribution in [0.2, 0.25) is 10.0 Å². The topological polar surface area (TPSA) is 72.0 Å². The van der Waals surface area contributed by atoms with Gasteiger partial charge >= 0.3 is 0 Å². The fraction of sp³-hybridized carbons (Fsp3) is 0.211. The third-order valence-corrected chi connectivity index (χ3v) is 5.78. The summed E-state index contributed by atoms with van der Waals surface area (Å²) in [5.41, 5.74) is 1.38. The minimum Gasteiger partial charge on any atom is -0.361 e. The number of imidazole rings is 1. The van der Waals surface area contributed by atoms with Crippen LogP contribution in [0.25, 0.3) is 0 Å². The molecule has 3 aromatic rings. The van der Waals surface area contributed by atoms with Crippen molar-refractivity contribution in [1.29, 1.82) is 0 Å². The molecule has 1 heterocycles. The molecule has 3 rings (SSSR count). The number of aryl methyl sites for hydroxylation is 1. The molecule has 1 N–H and O–H groups in total. The van der Waals surface area contributed by atoms with Crippen LogP contribution in [0.1, 0.15) is 28.7 Å². The van der Waals surface area contributed by atoms with Gasteiger partial charge in [-0.2, -0.15) is 0 Å². The maximum Gasteiger partial charge on any atom is 0.194 e. The average molecular weight is 461 g/mol. The Morgan fingerprint density at radius 1 is 1.10 bits per heavy atom. The van der Waals surface area contributed by atoms with E-state index in [0.717, 1.165) is 6.26 Å². The Morgan fingerprint density at radius 3 is 2.28 bits per heavy atom. The number of rotatable bonds is 6. The smallest absolute Gasteiger partial charge is 0.194 e. The quantitative estimate of drug-likeness (QED) is 0.560. The second-order valence-corrected chi connectivity index (χ2v) is 9.18. The standard InChI is InChI=1S/C19H16Cl2F2N2O3S/c1-10-19(29(2,26)27)25-18(24-10)17(12-4-6-16(23)14(21)8-12)28-9-11-3-5-15(22)13(20)7-11/h3-8,17H,9H2,1-2H3,(H,24,25)/t17-/m1/s1. The summed E-state index contributed by atoms with van der Waals surface area (Å²) in [6.07, 6.45) is 0.164. The highest BCUT2D eigenvalue weighted by atomic mass is 35.5. The number of nitrogens with zero attached hydrogens (tertiary/aromatic N) is 1. The molecular weight excluding hydrogens is 445 g/mol. The number of aromatic amines is 1. The van der Waals surface area contributed by atoms with E-state index in [-0.39, 0.29) is 27.5 Å². The summed E-state index contributed by atoms with van der Waals surface area (Å²) in [5.74, 6) is -0.956. The zero-order valence-corrected chi connectivity index (χ0v) is 17.7. The van der Waals surface area contributed by atoms with Gasteiger partial charge in [0.15, 0.2) is 14.9 Å². The first kappa shape index (κ1) is 21.7. The highest BCUT2D eigenvalue weighted by molar-refractivity contribution is 7.90. The maximum absolute atomic E-state index is 13.6. The Bertz CT molecular complexity index is 1170. The van der Waals surface area contributed by atoms with E-state index in [9.17, 15) is 17.2 Å². The summed E-state index contributed by atoms with van der Waals surface area (Å²) in [6.45, 7) is 1.58. The first-order valence-corrected chi connectivity index (χ1v) is 11.0. The van der Waals surface area contributed by atoms with Gasteiger partial charge < -0.3 is 9.72 Å². The van der Waals surface area contributed by atoms with Crippen LogP contribution in [0.3, 0.4) is 0 Å². The number of halogens is 4. The number of nitrogens with one attached hydrogen (secondary N) is 1. The molecule has 29 heavy (non-hydrogen) atoms. The van der Waals surface area contributed by atoms with E-state index in [4.69, 9.17) is 27.9 Å². The number of H-pyrrole nitrogens is 1. The minimum absolute atomic E-state index is 0.00756. The summed E-state index contributed by atoms with van der Waals surface area (Å²) < 4.78 is 56.7. The van der Waals surface area contributed by atoms with Crippen LogP contribution in [0, 0.1) is 18.6 Å². The molecule has 0 unspecified atom stereocenters. The van der Waals surface area contributed by atoms with Crippen molar-refractivity contribution in [3.63, 3.8) is 0 Å². The monoisotopic (exact) mass is 460 g/mol. The molecule has 0 aliphatic carbocycles. The van der Waals surface area contributed by atoms with Crippen molar-refractivity contribution in [3.8, 4) is 0 Å². The van der Waals surface area contributed by atoms with Gasteiger partial charge in [0.05, 0.1) is 22.3 Å². The molecule has 0 aliphatic rings. The first-order valence-electron chi connectivity index (χ1n) is 8.33. The van der Waals surface area contributed by atoms with Crippen LogP contribution in [0.4, 0.5) is 8.78 Å². The van der Waals surface area contributed by atoms with Crippen LogP contribution < -0.4 is 0 Å². The van der Waals surface area contributed by atoms with E-state index in [1.165, 1.54) is 36.4 Å². The van der Waals surface area contributed by atoms with Gasteiger partial charge in [-0.3, -0.25) is 0 Å². The molecule has 0 fully saturated rings. The van der Waals surface area contributed by atoms with Crippen molar-refractivity contribution in [2.45, 2.75) is 24.7 Å². The number of hydrogen-bond acceptors (Lipinski definition) is 4. The largest absolute Gasteiger partial charge is 0.361 e. The zero-order chi connectivity index (χ0) is 21.3. The van der Waals surface area contributed by atoms with Crippen LogP contribution in [-0.4, -0.2) is 24.6 Å². The zero-order valence-electron chi connectivity index (χ0n) is 15.3. The Hall–Kier alpha value is -2.00. The second-order valence-electron chi connectivity index (χ2n) is 6.44. The van der Waals surface area contributed by atoms with E-state index in [1.807, 2.05) is 0 Å². The predicted molar refractivity (Wildman–Crippen MR) is 106 cm³/mol. The first-order chi connectivity index (χ1) is 13.6. The van der Waals surface area contributed by atoms with Gasteiger partial charge in [0.2, 0.25) is 0 Å². The summed E-state index contributed by atoms with van der Waals surface area (Å²) in [4.78, 5) is 7.06. The molecule has 0 spiro atoms. The third-order valence-electron chi connectivity index (χ3n) is 4.11. The van der Waals surface area contributed by atoms with Gasteiger partial charge in [-0.15, -0.1) is 0 Å². The molecule has 1 aromatic heterocycles. The lowest BCUT2D eigenvalue weighted by Crippen LogP contribution is -2.09. The predicted octanol–water partition coefficient (Wildman–Crippen LogP) is 5.01. The summed E-state index contributed by atoms with van der Waals surface area (Å²) in [6, 6.07) is 8.14. The highest BCUT2D eigenvalue weighted by Gasteiger charge is 2.24. The number of sulfone groups is 1. The number of aromatic nitrogens is 2. The molecule has 0 bridgehead atoms. The Kier molecular flexibility index (Phi) is 6.28. The minimum atomic E-state index is -3.56. The van der Waals surface area contributed by atoms with Crippen LogP contribution in [0.5, 0.6) is 0 Å². The lowest BCUT2D eigenvalue weighted by atomic mass is 10.1. The molecular formula is C19H16Cl2F2N2O3S. The molecule has 0 amide bonds. The Balaban J connectivity index is 1.99. The number of benzene rings is 2. The van der Waals surface area contributed by atoms with E-state index in [2.05, 4.69) is 9.97 Å². The second kappa shape index (κ2) is 8.39. The molecule has 0 aliphatic heterocycles. The summed E-state index contributed by atoms with van der Waals surface area (Å²) in [5, 5.41) is -0.285. The Labute approximate surface area is 176 Å². The molecule has 154 valence electrons. The summed E-state index contributed by atoms with van der Waals surface area (Å²) in [7, 11) is -3.56. The number of ether oxygens (including phenoxy) is 1. The maximum atomic E-state index is 13.6. The average Bonchev–Trinajstić information content (AvgIpc) is 3.03. The van der Waals surface area contributed by atoms with Crippen molar-refractivity contribution >= 4 is 33.0 Å². The fourth-order valence-corrected chi connectivity index (χ4v) is 4.03. The van der Waals surface area contributed by atoms with Crippen molar-refractivity contribution in [3.05, 3.63) is 80.7 Å². The van der Waals surface area contributed by atoms with E-state index in [0.29, 0.717) is 16.8 Å². The van der Waals surface area contributed by atoms with Crippen LogP contribution in [0.15, 0.2) is 41.4 Å².